The number of nitrogens with one attached hydrogen (secondary N) is 2. The van der Waals surface area contributed by atoms with Gasteiger partial charge in [-0.05, 0) is 18.9 Å². The van der Waals surface area contributed by atoms with E-state index < -0.39 is 6.23 Å². The number of allylic oxidation sites excluding steroid dienone is 2. The van der Waals surface area contributed by atoms with Crippen LogP contribution < -0.4 is 10.6 Å². The molecule has 1 saturated heterocycles. The van der Waals surface area contributed by atoms with Crippen LogP contribution in [0.2, 0.25) is 0 Å². The summed E-state index contributed by atoms with van der Waals surface area (Å²) in [6, 6.07) is 0.274. The van der Waals surface area contributed by atoms with Crippen molar-refractivity contribution >= 4 is 12.1 Å². The molecule has 3 heterocycles. The number of hydrogen-bond acceptors (Lipinski definition) is 5. The zero-order valence-electron chi connectivity index (χ0n) is 9.35. The van der Waals surface area contributed by atoms with E-state index in [1.54, 1.807) is 6.21 Å². The normalized spacial score (nSPS) is 37.6. The van der Waals surface area contributed by atoms with Crippen molar-refractivity contribution in [1.29, 1.82) is 0 Å². The van der Waals surface area contributed by atoms with Crippen molar-refractivity contribution in [3.8, 4) is 0 Å². The van der Waals surface area contributed by atoms with E-state index >= 15 is 0 Å². The average molecular weight is 230 g/mol. The molecule has 0 spiro atoms. The molecule has 4 aliphatic rings. The summed E-state index contributed by atoms with van der Waals surface area (Å²) >= 11 is 0. The maximum absolute atomic E-state index is 9.68. The summed E-state index contributed by atoms with van der Waals surface area (Å²) < 4.78 is 0. The predicted molar refractivity (Wildman–Crippen MR) is 64.4 cm³/mol. The molecule has 0 aromatic carbocycles. The van der Waals surface area contributed by atoms with Crippen molar-refractivity contribution in [2.45, 2.75) is 31.5 Å². The lowest BCUT2D eigenvalue weighted by atomic mass is 9.86. The zero-order valence-corrected chi connectivity index (χ0v) is 9.35. The third-order valence-corrected chi connectivity index (χ3v) is 3.88. The van der Waals surface area contributed by atoms with Gasteiger partial charge in [0.05, 0.1) is 17.4 Å². The fraction of sp³-hybridized carbons (Fsp3) is 0.500. The van der Waals surface area contributed by atoms with E-state index in [9.17, 15) is 5.11 Å². The molecule has 1 fully saturated rings. The van der Waals surface area contributed by atoms with Crippen LogP contribution in [0, 0.1) is 5.92 Å². The number of aliphatic hydroxyl groups is 1. The molecule has 3 atom stereocenters. The van der Waals surface area contributed by atoms with Crippen LogP contribution in [0.1, 0.15) is 19.3 Å². The second-order valence-electron chi connectivity index (χ2n) is 4.96. The molecule has 4 rings (SSSR count). The minimum atomic E-state index is -0.412. The van der Waals surface area contributed by atoms with E-state index in [4.69, 9.17) is 0 Å². The molecule has 3 N–H and O–H groups in total. The number of aliphatic hydroxyl groups excluding tert-OH is 1. The standard InChI is InChI=1S/C12H14N4O/c17-9-5-6-1-2-7-11(10(6)15-9)16-12-8(14-7)3-4-13-12/h3-4,6-7,9,14-15,17H,1-2,5H2. The van der Waals surface area contributed by atoms with Gasteiger partial charge in [0.2, 0.25) is 0 Å². The SMILES string of the molecule is OC1CC2CCC3NC4=CC=NC4=NC3=C2N1. The Morgan fingerprint density at radius 3 is 3.18 bits per heavy atom. The van der Waals surface area contributed by atoms with Gasteiger partial charge in [-0.15, -0.1) is 0 Å². The highest BCUT2D eigenvalue weighted by Gasteiger charge is 2.38. The van der Waals surface area contributed by atoms with Gasteiger partial charge in [0.15, 0.2) is 5.84 Å². The topological polar surface area (TPSA) is 69.0 Å². The largest absolute Gasteiger partial charge is 0.374 e. The lowest BCUT2D eigenvalue weighted by Crippen LogP contribution is -2.40. The molecule has 0 aromatic heterocycles. The first-order valence-corrected chi connectivity index (χ1v) is 6.10. The fourth-order valence-electron chi connectivity index (χ4n) is 3.09. The van der Waals surface area contributed by atoms with Crippen LogP contribution in [0.4, 0.5) is 0 Å². The summed E-state index contributed by atoms with van der Waals surface area (Å²) in [5, 5.41) is 16.3. The quantitative estimate of drug-likeness (QED) is 0.559. The third kappa shape index (κ3) is 1.29. The molecular weight excluding hydrogens is 216 g/mol. The van der Waals surface area contributed by atoms with E-state index in [0.717, 1.165) is 42.2 Å². The van der Waals surface area contributed by atoms with Crippen LogP contribution in [0.3, 0.4) is 0 Å². The van der Waals surface area contributed by atoms with Gasteiger partial charge in [-0.3, -0.25) is 0 Å². The third-order valence-electron chi connectivity index (χ3n) is 3.88. The minimum Gasteiger partial charge on any atom is -0.374 e. The number of nitrogens with zero attached hydrogens (tertiary/aromatic N) is 2. The molecule has 0 radical (unpaired) electrons. The number of fused-ring (bicyclic) bond motifs is 3. The Bertz CT molecular complexity index is 503. The summed E-state index contributed by atoms with van der Waals surface area (Å²) in [6.07, 6.45) is 6.32. The zero-order chi connectivity index (χ0) is 11.4. The Morgan fingerprint density at radius 2 is 2.24 bits per heavy atom. The Morgan fingerprint density at radius 1 is 1.29 bits per heavy atom. The van der Waals surface area contributed by atoms with Crippen LogP contribution in [0.15, 0.2) is 33.2 Å². The Balaban J connectivity index is 1.82. The average Bonchev–Trinajstić information content (AvgIpc) is 2.90. The van der Waals surface area contributed by atoms with Crippen molar-refractivity contribution in [3.05, 3.63) is 23.2 Å². The molecule has 0 amide bonds. The van der Waals surface area contributed by atoms with Gasteiger partial charge in [0.25, 0.3) is 0 Å². The van der Waals surface area contributed by atoms with E-state index in [2.05, 4.69) is 20.6 Å². The fourth-order valence-corrected chi connectivity index (χ4v) is 3.09. The smallest absolute Gasteiger partial charge is 0.176 e. The molecule has 5 nitrogen and oxygen atoms in total. The van der Waals surface area contributed by atoms with Crippen LogP contribution in [-0.4, -0.2) is 29.4 Å². The molecule has 17 heavy (non-hydrogen) atoms. The van der Waals surface area contributed by atoms with Gasteiger partial charge in [-0.1, -0.05) is 0 Å². The molecule has 88 valence electrons. The van der Waals surface area contributed by atoms with Crippen LogP contribution in [0.5, 0.6) is 0 Å². The molecule has 3 aliphatic heterocycles. The molecule has 5 heteroatoms. The first kappa shape index (κ1) is 9.41. The highest BCUT2D eigenvalue weighted by Crippen LogP contribution is 2.38. The Kier molecular flexibility index (Phi) is 1.77. The maximum atomic E-state index is 9.68. The van der Waals surface area contributed by atoms with Gasteiger partial charge in [-0.25, -0.2) is 9.98 Å². The molecule has 1 aliphatic carbocycles. The monoisotopic (exact) mass is 230 g/mol. The summed E-state index contributed by atoms with van der Waals surface area (Å²) in [4.78, 5) is 8.86. The van der Waals surface area contributed by atoms with Crippen molar-refractivity contribution in [1.82, 2.24) is 10.6 Å². The molecular formula is C12H14N4O. The highest BCUT2D eigenvalue weighted by atomic mass is 16.3. The second kappa shape index (κ2) is 3.20. The van der Waals surface area contributed by atoms with Gasteiger partial charge >= 0.3 is 0 Å². The van der Waals surface area contributed by atoms with Gasteiger partial charge in [0, 0.05) is 24.3 Å². The Labute approximate surface area is 99.0 Å². The maximum Gasteiger partial charge on any atom is 0.176 e. The number of aliphatic imine (C=N–C) groups is 2. The van der Waals surface area contributed by atoms with Crippen molar-refractivity contribution in [3.63, 3.8) is 0 Å². The number of rotatable bonds is 0. The van der Waals surface area contributed by atoms with Crippen molar-refractivity contribution < 1.29 is 5.11 Å². The van der Waals surface area contributed by atoms with Gasteiger partial charge < -0.3 is 15.7 Å². The Hall–Kier alpha value is -1.62. The van der Waals surface area contributed by atoms with Gasteiger partial charge in [0.1, 0.15) is 6.23 Å². The summed E-state index contributed by atoms with van der Waals surface area (Å²) in [5.41, 5.74) is 3.19. The van der Waals surface area contributed by atoms with E-state index in [1.807, 2.05) is 6.08 Å². The van der Waals surface area contributed by atoms with E-state index in [-0.39, 0.29) is 6.04 Å². The summed E-state index contributed by atoms with van der Waals surface area (Å²) in [7, 11) is 0. The minimum absolute atomic E-state index is 0.274. The number of hydrogen-bond donors (Lipinski definition) is 3. The van der Waals surface area contributed by atoms with Crippen molar-refractivity contribution in [2.75, 3.05) is 0 Å². The van der Waals surface area contributed by atoms with Crippen molar-refractivity contribution in [2.24, 2.45) is 15.9 Å². The lowest BCUT2D eigenvalue weighted by molar-refractivity contribution is 0.157. The second-order valence-corrected chi connectivity index (χ2v) is 4.96. The molecule has 3 unspecified atom stereocenters. The predicted octanol–water partition coefficient (Wildman–Crippen LogP) is 0.258. The van der Waals surface area contributed by atoms with E-state index in [0.29, 0.717) is 5.92 Å². The van der Waals surface area contributed by atoms with Crippen LogP contribution in [-0.2, 0) is 0 Å². The van der Waals surface area contributed by atoms with Gasteiger partial charge in [-0.2, -0.15) is 0 Å². The first-order valence-electron chi connectivity index (χ1n) is 6.10. The van der Waals surface area contributed by atoms with E-state index in [1.165, 1.54) is 0 Å². The lowest BCUT2D eigenvalue weighted by Gasteiger charge is -2.32. The number of amidine groups is 1. The first-order chi connectivity index (χ1) is 8.31. The van der Waals surface area contributed by atoms with Crippen LogP contribution in [0.25, 0.3) is 0 Å². The highest BCUT2D eigenvalue weighted by molar-refractivity contribution is 6.11. The molecule has 0 saturated carbocycles. The summed E-state index contributed by atoms with van der Waals surface area (Å²) in [5.74, 6) is 1.21. The molecule has 0 aromatic rings. The summed E-state index contributed by atoms with van der Waals surface area (Å²) in [6.45, 7) is 0. The van der Waals surface area contributed by atoms with Crippen LogP contribution >= 0.6 is 0 Å². The molecule has 0 bridgehead atoms.